The monoisotopic (exact) mass is 191 g/mol. The van der Waals surface area contributed by atoms with Gasteiger partial charge in [0, 0.05) is 5.69 Å². The quantitative estimate of drug-likeness (QED) is 0.594. The van der Waals surface area contributed by atoms with Crippen molar-refractivity contribution in [3.63, 3.8) is 0 Å². The minimum atomic E-state index is -0.705. The molecular formula is C10H13N3O. The molecular weight excluding hydrogens is 178 g/mol. The standard InChI is InChI=1S/C10H13N3O/c1-6(14)10(13)9-4-8(12)3-2-7(9)5-11/h2-4,6,10,14H,12-13H2,1H3/t6-,10-/m1/s1. The summed E-state index contributed by atoms with van der Waals surface area (Å²) in [6, 6.07) is 6.30. The summed E-state index contributed by atoms with van der Waals surface area (Å²) in [5.41, 5.74) is 12.9. The number of nitriles is 1. The summed E-state index contributed by atoms with van der Waals surface area (Å²) >= 11 is 0. The summed E-state index contributed by atoms with van der Waals surface area (Å²) in [6.45, 7) is 1.58. The molecule has 2 atom stereocenters. The molecule has 74 valence electrons. The first-order chi connectivity index (χ1) is 6.56. The highest BCUT2D eigenvalue weighted by atomic mass is 16.3. The summed E-state index contributed by atoms with van der Waals surface area (Å²) in [6.07, 6.45) is -0.705. The van der Waals surface area contributed by atoms with E-state index in [1.165, 1.54) is 0 Å². The lowest BCUT2D eigenvalue weighted by Crippen LogP contribution is -2.24. The molecule has 0 fully saturated rings. The normalized spacial score (nSPS) is 14.4. The van der Waals surface area contributed by atoms with E-state index in [2.05, 4.69) is 0 Å². The van der Waals surface area contributed by atoms with E-state index in [4.69, 9.17) is 16.7 Å². The van der Waals surface area contributed by atoms with E-state index < -0.39 is 12.1 Å². The number of nitrogens with two attached hydrogens (primary N) is 2. The van der Waals surface area contributed by atoms with Gasteiger partial charge < -0.3 is 16.6 Å². The Hall–Kier alpha value is -1.57. The van der Waals surface area contributed by atoms with Crippen LogP contribution in [0.4, 0.5) is 5.69 Å². The van der Waals surface area contributed by atoms with Crippen LogP contribution >= 0.6 is 0 Å². The zero-order chi connectivity index (χ0) is 10.7. The Labute approximate surface area is 82.8 Å². The zero-order valence-electron chi connectivity index (χ0n) is 7.94. The third-order valence-corrected chi connectivity index (χ3v) is 2.07. The second-order valence-electron chi connectivity index (χ2n) is 3.22. The molecule has 5 N–H and O–H groups in total. The summed E-state index contributed by atoms with van der Waals surface area (Å²) < 4.78 is 0. The molecule has 0 aromatic heterocycles. The average Bonchev–Trinajstić information content (AvgIpc) is 2.16. The summed E-state index contributed by atoms with van der Waals surface area (Å²) in [5, 5.41) is 18.1. The summed E-state index contributed by atoms with van der Waals surface area (Å²) in [7, 11) is 0. The zero-order valence-corrected chi connectivity index (χ0v) is 7.94. The van der Waals surface area contributed by atoms with Crippen LogP contribution in [0.1, 0.15) is 24.1 Å². The van der Waals surface area contributed by atoms with Gasteiger partial charge in [-0.2, -0.15) is 5.26 Å². The molecule has 0 heterocycles. The summed E-state index contributed by atoms with van der Waals surface area (Å²) in [4.78, 5) is 0. The van der Waals surface area contributed by atoms with Gasteiger partial charge in [-0.25, -0.2) is 0 Å². The van der Waals surface area contributed by atoms with Gasteiger partial charge in [0.2, 0.25) is 0 Å². The second-order valence-corrected chi connectivity index (χ2v) is 3.22. The maximum absolute atomic E-state index is 9.31. The molecule has 4 nitrogen and oxygen atoms in total. The van der Waals surface area contributed by atoms with Crippen LogP contribution in [0.25, 0.3) is 0 Å². The van der Waals surface area contributed by atoms with Crippen LogP contribution in [0, 0.1) is 11.3 Å². The minimum absolute atomic E-state index is 0.451. The van der Waals surface area contributed by atoms with Crippen LogP contribution in [0.15, 0.2) is 18.2 Å². The van der Waals surface area contributed by atoms with E-state index >= 15 is 0 Å². The van der Waals surface area contributed by atoms with E-state index in [0.29, 0.717) is 16.8 Å². The van der Waals surface area contributed by atoms with Crippen molar-refractivity contribution in [2.24, 2.45) is 5.73 Å². The molecule has 0 saturated carbocycles. The third-order valence-electron chi connectivity index (χ3n) is 2.07. The maximum atomic E-state index is 9.31. The van der Waals surface area contributed by atoms with Crippen LogP contribution in [-0.4, -0.2) is 11.2 Å². The van der Waals surface area contributed by atoms with E-state index in [1.54, 1.807) is 25.1 Å². The molecule has 0 aliphatic rings. The highest BCUT2D eigenvalue weighted by molar-refractivity contribution is 5.50. The van der Waals surface area contributed by atoms with Crippen LogP contribution in [0.3, 0.4) is 0 Å². The number of hydrogen-bond acceptors (Lipinski definition) is 4. The van der Waals surface area contributed by atoms with Crippen molar-refractivity contribution in [3.05, 3.63) is 29.3 Å². The number of hydrogen-bond donors (Lipinski definition) is 3. The molecule has 1 rings (SSSR count). The predicted molar refractivity (Wildman–Crippen MR) is 54.2 cm³/mol. The Kier molecular flexibility index (Phi) is 3.07. The average molecular weight is 191 g/mol. The Bertz CT molecular complexity index is 368. The fourth-order valence-corrected chi connectivity index (χ4v) is 1.22. The molecule has 1 aromatic rings. The molecule has 4 heteroatoms. The van der Waals surface area contributed by atoms with E-state index in [1.807, 2.05) is 6.07 Å². The van der Waals surface area contributed by atoms with Crippen molar-refractivity contribution in [2.75, 3.05) is 5.73 Å². The van der Waals surface area contributed by atoms with Gasteiger partial charge in [0.15, 0.2) is 0 Å². The summed E-state index contributed by atoms with van der Waals surface area (Å²) in [5.74, 6) is 0. The van der Waals surface area contributed by atoms with Crippen LogP contribution < -0.4 is 11.5 Å². The Morgan fingerprint density at radius 2 is 2.14 bits per heavy atom. The first kappa shape index (κ1) is 10.5. The number of nitrogens with zero attached hydrogens (tertiary/aromatic N) is 1. The largest absolute Gasteiger partial charge is 0.399 e. The maximum Gasteiger partial charge on any atom is 0.0995 e. The fourth-order valence-electron chi connectivity index (χ4n) is 1.22. The van der Waals surface area contributed by atoms with Gasteiger partial charge in [-0.05, 0) is 30.7 Å². The second kappa shape index (κ2) is 4.09. The number of aliphatic hydroxyl groups excluding tert-OH is 1. The van der Waals surface area contributed by atoms with Crippen LogP contribution in [0.5, 0.6) is 0 Å². The van der Waals surface area contributed by atoms with Crippen molar-refractivity contribution < 1.29 is 5.11 Å². The molecule has 0 saturated heterocycles. The molecule has 0 bridgehead atoms. The Morgan fingerprint density at radius 3 is 2.64 bits per heavy atom. The highest BCUT2D eigenvalue weighted by Gasteiger charge is 2.15. The van der Waals surface area contributed by atoms with Crippen LogP contribution in [0.2, 0.25) is 0 Å². The minimum Gasteiger partial charge on any atom is -0.399 e. The van der Waals surface area contributed by atoms with Gasteiger partial charge in [0.05, 0.1) is 23.8 Å². The van der Waals surface area contributed by atoms with Gasteiger partial charge >= 0.3 is 0 Å². The van der Waals surface area contributed by atoms with Gasteiger partial charge in [0.1, 0.15) is 0 Å². The molecule has 0 radical (unpaired) electrons. The fraction of sp³-hybridized carbons (Fsp3) is 0.300. The molecule has 0 aliphatic heterocycles. The smallest absolute Gasteiger partial charge is 0.0995 e. The molecule has 0 aliphatic carbocycles. The predicted octanol–water partition coefficient (Wildman–Crippen LogP) is 0.521. The topological polar surface area (TPSA) is 96.1 Å². The molecule has 14 heavy (non-hydrogen) atoms. The molecule has 0 spiro atoms. The molecule has 1 aromatic carbocycles. The first-order valence-corrected chi connectivity index (χ1v) is 4.29. The Morgan fingerprint density at radius 1 is 1.50 bits per heavy atom. The van der Waals surface area contributed by atoms with E-state index in [0.717, 1.165) is 0 Å². The Balaban J connectivity index is 3.18. The van der Waals surface area contributed by atoms with Crippen molar-refractivity contribution in [1.29, 1.82) is 5.26 Å². The van der Waals surface area contributed by atoms with E-state index in [9.17, 15) is 5.11 Å². The van der Waals surface area contributed by atoms with Gasteiger partial charge in [-0.3, -0.25) is 0 Å². The number of nitrogen functional groups attached to an aromatic ring is 1. The number of benzene rings is 1. The molecule has 0 unspecified atom stereocenters. The molecule has 0 amide bonds. The van der Waals surface area contributed by atoms with Crippen molar-refractivity contribution in [3.8, 4) is 6.07 Å². The first-order valence-electron chi connectivity index (χ1n) is 4.29. The van der Waals surface area contributed by atoms with Gasteiger partial charge in [0.25, 0.3) is 0 Å². The number of aliphatic hydroxyl groups is 1. The van der Waals surface area contributed by atoms with Crippen LogP contribution in [-0.2, 0) is 0 Å². The SMILES string of the molecule is C[C@@H](O)[C@@H](N)c1cc(N)ccc1C#N. The van der Waals surface area contributed by atoms with E-state index in [-0.39, 0.29) is 0 Å². The number of rotatable bonds is 2. The number of anilines is 1. The lowest BCUT2D eigenvalue weighted by Gasteiger charge is -2.16. The van der Waals surface area contributed by atoms with Crippen molar-refractivity contribution >= 4 is 5.69 Å². The van der Waals surface area contributed by atoms with Gasteiger partial charge in [-0.15, -0.1) is 0 Å². The highest BCUT2D eigenvalue weighted by Crippen LogP contribution is 2.21. The van der Waals surface area contributed by atoms with Crippen molar-refractivity contribution in [2.45, 2.75) is 19.1 Å². The van der Waals surface area contributed by atoms with Crippen molar-refractivity contribution in [1.82, 2.24) is 0 Å². The third kappa shape index (κ3) is 2.02. The lowest BCUT2D eigenvalue weighted by atomic mass is 9.98. The van der Waals surface area contributed by atoms with Gasteiger partial charge in [-0.1, -0.05) is 0 Å². The lowest BCUT2D eigenvalue weighted by molar-refractivity contribution is 0.164.